The van der Waals surface area contributed by atoms with E-state index < -0.39 is 0 Å². The summed E-state index contributed by atoms with van der Waals surface area (Å²) in [7, 11) is 4.05. The van der Waals surface area contributed by atoms with Crippen LogP contribution in [0.4, 0.5) is 28.6 Å². The topological polar surface area (TPSA) is 76.5 Å². The van der Waals surface area contributed by atoms with Gasteiger partial charge in [-0.15, -0.1) is 0 Å². The molecule has 0 amide bonds. The van der Waals surface area contributed by atoms with Crippen LogP contribution in [0.15, 0.2) is 60.8 Å². The largest absolute Gasteiger partial charge is 0.378 e. The van der Waals surface area contributed by atoms with Crippen molar-refractivity contribution in [1.82, 2.24) is 9.88 Å². The molecule has 4 rings (SSSR count). The Morgan fingerprint density at radius 3 is 2.50 bits per heavy atom. The maximum atomic E-state index is 9.44. The molecule has 2 heterocycles. The second-order valence-corrected chi connectivity index (χ2v) is 8.02. The van der Waals surface area contributed by atoms with Crippen molar-refractivity contribution in [2.75, 3.05) is 55.9 Å². The molecule has 164 valence electrons. The molecule has 2 aromatic carbocycles. The summed E-state index contributed by atoms with van der Waals surface area (Å²) >= 11 is 0. The van der Waals surface area contributed by atoms with Gasteiger partial charge in [-0.3, -0.25) is 0 Å². The summed E-state index contributed by atoms with van der Waals surface area (Å²) in [5.74, 6) is 0.739. The zero-order chi connectivity index (χ0) is 22.3. The van der Waals surface area contributed by atoms with Gasteiger partial charge < -0.3 is 25.2 Å². The molecule has 0 saturated carbocycles. The number of nitrogens with zero attached hydrogens (tertiary/aromatic N) is 4. The molecule has 0 aliphatic carbocycles. The lowest BCUT2D eigenvalue weighted by Crippen LogP contribution is -2.36. The first-order chi connectivity index (χ1) is 15.6. The summed E-state index contributed by atoms with van der Waals surface area (Å²) in [5, 5.41) is 16.3. The molecular weight excluding hydrogens is 400 g/mol. The third kappa shape index (κ3) is 5.35. The fraction of sp³-hybridized carbons (Fsp3) is 0.280. The molecule has 3 aromatic rings. The van der Waals surface area contributed by atoms with Gasteiger partial charge in [0.25, 0.3) is 0 Å². The second kappa shape index (κ2) is 10.1. The van der Waals surface area contributed by atoms with Crippen molar-refractivity contribution in [2.24, 2.45) is 0 Å². The molecule has 7 heteroatoms. The summed E-state index contributed by atoms with van der Waals surface area (Å²) in [4.78, 5) is 9.04. The number of nitriles is 1. The molecule has 32 heavy (non-hydrogen) atoms. The highest BCUT2D eigenvalue weighted by Gasteiger charge is 2.12. The molecule has 0 bridgehead atoms. The number of nitrogens with one attached hydrogen (secondary N) is 2. The first-order valence-corrected chi connectivity index (χ1v) is 10.7. The summed E-state index contributed by atoms with van der Waals surface area (Å²) in [6, 6.07) is 20.1. The zero-order valence-electron chi connectivity index (χ0n) is 18.5. The van der Waals surface area contributed by atoms with Crippen molar-refractivity contribution >= 4 is 28.6 Å². The molecule has 2 N–H and O–H groups in total. The van der Waals surface area contributed by atoms with Crippen molar-refractivity contribution < 1.29 is 4.74 Å². The van der Waals surface area contributed by atoms with Gasteiger partial charge in [0.05, 0.1) is 24.5 Å². The van der Waals surface area contributed by atoms with Crippen molar-refractivity contribution in [1.29, 1.82) is 5.26 Å². The second-order valence-electron chi connectivity index (χ2n) is 8.02. The van der Waals surface area contributed by atoms with Crippen LogP contribution in [0.2, 0.25) is 0 Å². The van der Waals surface area contributed by atoms with E-state index in [9.17, 15) is 5.26 Å². The minimum absolute atomic E-state index is 0.605. The quantitative estimate of drug-likeness (QED) is 0.580. The van der Waals surface area contributed by atoms with E-state index in [4.69, 9.17) is 4.74 Å². The van der Waals surface area contributed by atoms with Gasteiger partial charge in [-0.1, -0.05) is 12.1 Å². The van der Waals surface area contributed by atoms with Crippen LogP contribution in [0.5, 0.6) is 0 Å². The molecule has 1 aliphatic heterocycles. The van der Waals surface area contributed by atoms with Gasteiger partial charge in [0.1, 0.15) is 11.9 Å². The van der Waals surface area contributed by atoms with E-state index in [0.717, 1.165) is 61.3 Å². The molecule has 1 aromatic heterocycles. The van der Waals surface area contributed by atoms with Crippen LogP contribution < -0.4 is 15.5 Å². The van der Waals surface area contributed by atoms with Gasteiger partial charge in [0, 0.05) is 54.5 Å². The Balaban J connectivity index is 1.55. The number of hydrogen-bond donors (Lipinski definition) is 2. The third-order valence-electron chi connectivity index (χ3n) is 5.31. The smallest absolute Gasteiger partial charge is 0.132 e. The molecule has 1 saturated heterocycles. The van der Waals surface area contributed by atoms with Gasteiger partial charge in [0.15, 0.2) is 0 Å². The van der Waals surface area contributed by atoms with Gasteiger partial charge in [-0.05, 0) is 50.5 Å². The third-order valence-corrected chi connectivity index (χ3v) is 5.31. The first-order valence-electron chi connectivity index (χ1n) is 10.7. The van der Waals surface area contributed by atoms with Crippen LogP contribution in [0.25, 0.3) is 0 Å². The van der Waals surface area contributed by atoms with Gasteiger partial charge in [-0.2, -0.15) is 5.26 Å². The Kier molecular flexibility index (Phi) is 6.85. The first kappa shape index (κ1) is 21.6. The summed E-state index contributed by atoms with van der Waals surface area (Å²) in [5.41, 5.74) is 5.52. The number of hydrogen-bond acceptors (Lipinski definition) is 7. The maximum Gasteiger partial charge on any atom is 0.132 e. The highest BCUT2D eigenvalue weighted by molar-refractivity contribution is 5.72. The molecule has 0 unspecified atom stereocenters. The summed E-state index contributed by atoms with van der Waals surface area (Å²) < 4.78 is 5.44. The van der Waals surface area contributed by atoms with Crippen LogP contribution in [-0.4, -0.2) is 50.3 Å². The van der Waals surface area contributed by atoms with Gasteiger partial charge in [0.2, 0.25) is 0 Å². The Hall–Kier alpha value is -3.60. The standard InChI is InChI=1S/C25H28N6O/c1-30(2)18-20-17-27-25(15-24(20)29-23-6-4-3-5-19(23)16-26)28-21-7-9-22(10-8-21)31-11-13-32-14-12-31/h3-10,15,17H,11-14,18H2,1-2H3,(H2,27,28,29). The predicted molar refractivity (Wildman–Crippen MR) is 129 cm³/mol. The van der Waals surface area contributed by atoms with E-state index in [1.165, 1.54) is 5.69 Å². The highest BCUT2D eigenvalue weighted by atomic mass is 16.5. The number of pyridine rings is 1. The molecule has 0 radical (unpaired) electrons. The Morgan fingerprint density at radius 2 is 1.78 bits per heavy atom. The average Bonchev–Trinajstić information content (AvgIpc) is 2.82. The van der Waals surface area contributed by atoms with Crippen LogP contribution in [0, 0.1) is 11.3 Å². The predicted octanol–water partition coefficient (Wildman–Crippen LogP) is 4.34. The van der Waals surface area contributed by atoms with Crippen molar-refractivity contribution in [3.8, 4) is 6.07 Å². The Bertz CT molecular complexity index is 1080. The summed E-state index contributed by atoms with van der Waals surface area (Å²) in [6.45, 7) is 4.11. The van der Waals surface area contributed by atoms with E-state index in [2.05, 4.69) is 55.8 Å². The molecule has 1 aliphatic rings. The Morgan fingerprint density at radius 1 is 1.03 bits per heavy atom. The van der Waals surface area contributed by atoms with Crippen LogP contribution in [0.3, 0.4) is 0 Å². The fourth-order valence-corrected chi connectivity index (χ4v) is 3.69. The molecule has 0 spiro atoms. The number of ether oxygens (including phenoxy) is 1. The number of benzene rings is 2. The van der Waals surface area contributed by atoms with E-state index >= 15 is 0 Å². The van der Waals surface area contributed by atoms with Crippen LogP contribution >= 0.6 is 0 Å². The number of morpholine rings is 1. The van der Waals surface area contributed by atoms with Gasteiger partial charge in [-0.25, -0.2) is 4.98 Å². The molecule has 0 atom stereocenters. The van der Waals surface area contributed by atoms with Crippen molar-refractivity contribution in [3.05, 3.63) is 71.9 Å². The SMILES string of the molecule is CN(C)Cc1cnc(Nc2ccc(N3CCOCC3)cc2)cc1Nc1ccccc1C#N. The molecular formula is C25H28N6O. The number of anilines is 5. The van der Waals surface area contributed by atoms with E-state index in [1.54, 1.807) is 0 Å². The number of aromatic nitrogens is 1. The highest BCUT2D eigenvalue weighted by Crippen LogP contribution is 2.28. The molecule has 1 fully saturated rings. The van der Waals surface area contributed by atoms with Gasteiger partial charge >= 0.3 is 0 Å². The lowest BCUT2D eigenvalue weighted by atomic mass is 10.1. The van der Waals surface area contributed by atoms with Crippen molar-refractivity contribution in [2.45, 2.75) is 6.54 Å². The lowest BCUT2D eigenvalue weighted by molar-refractivity contribution is 0.122. The monoisotopic (exact) mass is 428 g/mol. The van der Waals surface area contributed by atoms with E-state index in [-0.39, 0.29) is 0 Å². The van der Waals surface area contributed by atoms with Crippen molar-refractivity contribution in [3.63, 3.8) is 0 Å². The number of rotatable bonds is 7. The zero-order valence-corrected chi connectivity index (χ0v) is 18.5. The normalized spacial score (nSPS) is 13.6. The fourth-order valence-electron chi connectivity index (χ4n) is 3.69. The Labute approximate surface area is 189 Å². The minimum atomic E-state index is 0.605. The summed E-state index contributed by atoms with van der Waals surface area (Å²) in [6.07, 6.45) is 1.88. The van der Waals surface area contributed by atoms with E-state index in [0.29, 0.717) is 5.56 Å². The van der Waals surface area contributed by atoms with Crippen LogP contribution in [-0.2, 0) is 11.3 Å². The average molecular weight is 429 g/mol. The van der Waals surface area contributed by atoms with E-state index in [1.807, 2.05) is 50.6 Å². The number of para-hydroxylation sites is 1. The minimum Gasteiger partial charge on any atom is -0.378 e. The lowest BCUT2D eigenvalue weighted by Gasteiger charge is -2.28. The molecule has 7 nitrogen and oxygen atoms in total. The maximum absolute atomic E-state index is 9.44. The van der Waals surface area contributed by atoms with Crippen LogP contribution in [0.1, 0.15) is 11.1 Å².